The molecule has 0 atom stereocenters. The highest BCUT2D eigenvalue weighted by Crippen LogP contribution is 2.28. The van der Waals surface area contributed by atoms with Crippen LogP contribution < -0.4 is 0 Å². The summed E-state index contributed by atoms with van der Waals surface area (Å²) in [6, 6.07) is 5.63. The normalized spacial score (nSPS) is 14.4. The van der Waals surface area contributed by atoms with Crippen LogP contribution in [0.15, 0.2) is 24.4 Å². The second kappa shape index (κ2) is 7.03. The summed E-state index contributed by atoms with van der Waals surface area (Å²) in [6.45, 7) is 0.839. The van der Waals surface area contributed by atoms with E-state index in [0.717, 1.165) is 25.0 Å². The summed E-state index contributed by atoms with van der Waals surface area (Å²) < 4.78 is 4.64. The minimum atomic E-state index is -0.294. The van der Waals surface area contributed by atoms with Gasteiger partial charge in [-0.15, -0.1) is 0 Å². The van der Waals surface area contributed by atoms with Gasteiger partial charge in [-0.2, -0.15) is 0 Å². The van der Waals surface area contributed by atoms with E-state index in [9.17, 15) is 9.59 Å². The highest BCUT2D eigenvalue weighted by Gasteiger charge is 2.29. The lowest BCUT2D eigenvalue weighted by atomic mass is 9.84. The summed E-state index contributed by atoms with van der Waals surface area (Å²) in [5.74, 6) is -0.0420. The third kappa shape index (κ3) is 3.79. The molecular formula is C15H20N2O3. The molecule has 0 radical (unpaired) electrons. The molecule has 1 heterocycles. The number of rotatable bonds is 6. The molecule has 5 heteroatoms. The molecule has 0 saturated heterocycles. The first-order chi connectivity index (χ1) is 9.70. The van der Waals surface area contributed by atoms with Crippen LogP contribution in [0, 0.1) is 5.92 Å². The van der Waals surface area contributed by atoms with Gasteiger partial charge in [0.25, 0.3) is 0 Å². The van der Waals surface area contributed by atoms with Crippen LogP contribution in [-0.2, 0) is 20.9 Å². The first-order valence-electron chi connectivity index (χ1n) is 6.96. The van der Waals surface area contributed by atoms with Crippen molar-refractivity contribution in [3.8, 4) is 0 Å². The van der Waals surface area contributed by atoms with E-state index < -0.39 is 0 Å². The number of carbonyl (C=O) groups is 2. The molecule has 0 unspecified atom stereocenters. The molecule has 0 spiro atoms. The molecule has 1 saturated carbocycles. The van der Waals surface area contributed by atoms with Crippen molar-refractivity contribution in [1.82, 2.24) is 9.88 Å². The largest absolute Gasteiger partial charge is 0.469 e. The average molecular weight is 276 g/mol. The van der Waals surface area contributed by atoms with Crippen molar-refractivity contribution in [3.63, 3.8) is 0 Å². The van der Waals surface area contributed by atoms with Crippen LogP contribution in [0.3, 0.4) is 0 Å². The first-order valence-corrected chi connectivity index (χ1v) is 6.96. The first kappa shape index (κ1) is 14.5. The molecule has 0 bridgehead atoms. The molecule has 5 nitrogen and oxygen atoms in total. The maximum atomic E-state index is 12.4. The van der Waals surface area contributed by atoms with E-state index in [-0.39, 0.29) is 24.2 Å². The Morgan fingerprint density at radius 2 is 2.20 bits per heavy atom. The standard InChI is InChI=1S/C15H20N2O3/c1-20-14(18)8-10-17(15(19)12-5-4-6-12)11-13-7-2-3-9-16-13/h2-3,7,9,12H,4-6,8,10-11H2,1H3. The molecule has 0 N–H and O–H groups in total. The van der Waals surface area contributed by atoms with Crippen LogP contribution in [0.5, 0.6) is 0 Å². The van der Waals surface area contributed by atoms with E-state index in [1.165, 1.54) is 7.11 Å². The van der Waals surface area contributed by atoms with E-state index in [0.29, 0.717) is 13.1 Å². The second-order valence-corrected chi connectivity index (χ2v) is 5.03. The predicted octanol–water partition coefficient (Wildman–Crippen LogP) is 1.77. The van der Waals surface area contributed by atoms with Gasteiger partial charge >= 0.3 is 5.97 Å². The van der Waals surface area contributed by atoms with Crippen molar-refractivity contribution in [2.24, 2.45) is 5.92 Å². The van der Waals surface area contributed by atoms with Crippen LogP contribution in [0.4, 0.5) is 0 Å². The number of ether oxygens (including phenoxy) is 1. The summed E-state index contributed by atoms with van der Waals surface area (Å²) in [6.07, 6.45) is 4.96. The number of hydrogen-bond acceptors (Lipinski definition) is 4. The smallest absolute Gasteiger partial charge is 0.307 e. The molecule has 1 fully saturated rings. The summed E-state index contributed by atoms with van der Waals surface area (Å²) in [7, 11) is 1.36. The van der Waals surface area contributed by atoms with Gasteiger partial charge in [-0.1, -0.05) is 12.5 Å². The fraction of sp³-hybridized carbons (Fsp3) is 0.533. The highest BCUT2D eigenvalue weighted by atomic mass is 16.5. The van der Waals surface area contributed by atoms with Crippen LogP contribution >= 0.6 is 0 Å². The lowest BCUT2D eigenvalue weighted by Crippen LogP contribution is -2.39. The highest BCUT2D eigenvalue weighted by molar-refractivity contribution is 5.80. The molecule has 0 aliphatic heterocycles. The van der Waals surface area contributed by atoms with Crippen LogP contribution in [0.2, 0.25) is 0 Å². The van der Waals surface area contributed by atoms with Crippen molar-refractivity contribution in [2.45, 2.75) is 32.2 Å². The van der Waals surface area contributed by atoms with Gasteiger partial charge in [-0.05, 0) is 25.0 Å². The Morgan fingerprint density at radius 3 is 2.75 bits per heavy atom. The molecule has 1 aromatic rings. The number of carbonyl (C=O) groups excluding carboxylic acids is 2. The van der Waals surface area contributed by atoms with E-state index in [2.05, 4.69) is 9.72 Å². The number of aromatic nitrogens is 1. The Morgan fingerprint density at radius 1 is 1.40 bits per heavy atom. The maximum absolute atomic E-state index is 12.4. The van der Waals surface area contributed by atoms with Gasteiger partial charge in [-0.25, -0.2) is 0 Å². The number of hydrogen-bond donors (Lipinski definition) is 0. The number of methoxy groups -OCH3 is 1. The van der Waals surface area contributed by atoms with Gasteiger partial charge in [0.1, 0.15) is 0 Å². The minimum absolute atomic E-state index is 0.122. The summed E-state index contributed by atoms with van der Waals surface area (Å²) in [4.78, 5) is 29.6. The Kier molecular flexibility index (Phi) is 5.09. The van der Waals surface area contributed by atoms with E-state index >= 15 is 0 Å². The van der Waals surface area contributed by atoms with E-state index in [1.54, 1.807) is 11.1 Å². The van der Waals surface area contributed by atoms with Gasteiger partial charge in [0.05, 0.1) is 25.8 Å². The monoisotopic (exact) mass is 276 g/mol. The van der Waals surface area contributed by atoms with Gasteiger partial charge in [-0.3, -0.25) is 14.6 Å². The lowest BCUT2D eigenvalue weighted by molar-refractivity contribution is -0.143. The number of nitrogens with zero attached hydrogens (tertiary/aromatic N) is 2. The molecular weight excluding hydrogens is 256 g/mol. The Bertz CT molecular complexity index is 457. The molecule has 108 valence electrons. The summed E-state index contributed by atoms with van der Waals surface area (Å²) in [5, 5.41) is 0. The topological polar surface area (TPSA) is 59.5 Å². The fourth-order valence-electron chi connectivity index (χ4n) is 2.20. The molecule has 2 rings (SSSR count). The third-order valence-corrected chi connectivity index (χ3v) is 3.66. The Hall–Kier alpha value is -1.91. The molecule has 1 aliphatic carbocycles. The van der Waals surface area contributed by atoms with Gasteiger partial charge in [0.2, 0.25) is 5.91 Å². The minimum Gasteiger partial charge on any atom is -0.469 e. The molecule has 20 heavy (non-hydrogen) atoms. The Balaban J connectivity index is 1.98. The van der Waals surface area contributed by atoms with Crippen molar-refractivity contribution >= 4 is 11.9 Å². The van der Waals surface area contributed by atoms with Crippen molar-refractivity contribution in [3.05, 3.63) is 30.1 Å². The average Bonchev–Trinajstić information content (AvgIpc) is 2.42. The Labute approximate surface area is 118 Å². The summed E-state index contributed by atoms with van der Waals surface area (Å²) in [5.41, 5.74) is 0.838. The van der Waals surface area contributed by atoms with Crippen LogP contribution in [0.1, 0.15) is 31.4 Å². The lowest BCUT2D eigenvalue weighted by Gasteiger charge is -2.31. The predicted molar refractivity (Wildman–Crippen MR) is 73.6 cm³/mol. The van der Waals surface area contributed by atoms with E-state index in [1.807, 2.05) is 18.2 Å². The van der Waals surface area contributed by atoms with Crippen LogP contribution in [-0.4, -0.2) is 35.4 Å². The van der Waals surface area contributed by atoms with Gasteiger partial charge in [0.15, 0.2) is 0 Å². The van der Waals surface area contributed by atoms with Crippen molar-refractivity contribution in [2.75, 3.05) is 13.7 Å². The number of pyridine rings is 1. The third-order valence-electron chi connectivity index (χ3n) is 3.66. The fourth-order valence-corrected chi connectivity index (χ4v) is 2.20. The quantitative estimate of drug-likeness (QED) is 0.743. The molecule has 1 aliphatic rings. The summed E-state index contributed by atoms with van der Waals surface area (Å²) >= 11 is 0. The SMILES string of the molecule is COC(=O)CCN(Cc1ccccn1)C(=O)C1CCC1. The van der Waals surface area contributed by atoms with Crippen LogP contribution in [0.25, 0.3) is 0 Å². The van der Waals surface area contributed by atoms with Crippen molar-refractivity contribution in [1.29, 1.82) is 0 Å². The zero-order chi connectivity index (χ0) is 14.4. The zero-order valence-corrected chi connectivity index (χ0v) is 11.7. The molecule has 1 aromatic heterocycles. The second-order valence-electron chi connectivity index (χ2n) is 5.03. The molecule has 1 amide bonds. The number of esters is 1. The number of amides is 1. The van der Waals surface area contributed by atoms with E-state index in [4.69, 9.17) is 0 Å². The zero-order valence-electron chi connectivity index (χ0n) is 11.7. The van der Waals surface area contributed by atoms with Gasteiger partial charge < -0.3 is 9.64 Å². The molecule has 0 aromatic carbocycles. The van der Waals surface area contributed by atoms with Crippen molar-refractivity contribution < 1.29 is 14.3 Å². The van der Waals surface area contributed by atoms with Gasteiger partial charge in [0, 0.05) is 18.7 Å². The maximum Gasteiger partial charge on any atom is 0.307 e.